The molecule has 8 nitrogen and oxygen atoms in total. The molecule has 1 fully saturated rings. The van der Waals surface area contributed by atoms with Gasteiger partial charge in [0.05, 0.1) is 37.2 Å². The summed E-state index contributed by atoms with van der Waals surface area (Å²) in [7, 11) is 0.106. The van der Waals surface area contributed by atoms with Gasteiger partial charge in [-0.25, -0.2) is 8.42 Å². The molecule has 9 heteroatoms. The van der Waals surface area contributed by atoms with Crippen LogP contribution in [0.3, 0.4) is 0 Å². The number of sulfone groups is 1. The van der Waals surface area contributed by atoms with Gasteiger partial charge in [-0.15, -0.1) is 0 Å². The van der Waals surface area contributed by atoms with E-state index in [1.807, 2.05) is 0 Å². The molecule has 1 aromatic rings. The lowest BCUT2D eigenvalue weighted by atomic mass is 10.0. The number of benzene rings is 1. The molecular formula is C17H25N3O5S. The zero-order chi connectivity index (χ0) is 19.4. The molecule has 1 saturated heterocycles. The van der Waals surface area contributed by atoms with E-state index in [1.165, 1.54) is 0 Å². The number of hydrogen-bond donors (Lipinski definition) is 2. The van der Waals surface area contributed by atoms with E-state index in [4.69, 9.17) is 4.74 Å². The maximum Gasteiger partial charge on any atom is 0.238 e. The van der Waals surface area contributed by atoms with Crippen molar-refractivity contribution in [2.45, 2.75) is 18.9 Å². The number of rotatable bonds is 7. The average Bonchev–Trinajstić information content (AvgIpc) is 2.79. The van der Waals surface area contributed by atoms with Gasteiger partial charge in [0.25, 0.3) is 0 Å². The molecule has 0 radical (unpaired) electrons. The number of hydrogen-bond acceptors (Lipinski definition) is 6. The van der Waals surface area contributed by atoms with Gasteiger partial charge in [0.15, 0.2) is 9.84 Å². The number of methoxy groups -OCH3 is 1. The zero-order valence-electron chi connectivity index (χ0n) is 15.2. The summed E-state index contributed by atoms with van der Waals surface area (Å²) in [5.41, 5.74) is -0.129. The largest absolute Gasteiger partial charge is 0.497 e. The molecule has 0 saturated carbocycles. The maximum absolute atomic E-state index is 12.2. The highest BCUT2D eigenvalue weighted by Gasteiger charge is 2.39. The summed E-state index contributed by atoms with van der Waals surface area (Å²) in [6.45, 7) is 1.76. The minimum atomic E-state index is -3.09. The van der Waals surface area contributed by atoms with Crippen molar-refractivity contribution >= 4 is 27.3 Å². The van der Waals surface area contributed by atoms with Crippen LogP contribution < -0.4 is 15.4 Å². The van der Waals surface area contributed by atoms with Crippen molar-refractivity contribution in [3.8, 4) is 5.75 Å². The van der Waals surface area contributed by atoms with Gasteiger partial charge in [-0.2, -0.15) is 0 Å². The van der Waals surface area contributed by atoms with Crippen LogP contribution in [0.25, 0.3) is 0 Å². The summed E-state index contributed by atoms with van der Waals surface area (Å²) in [4.78, 5) is 25.8. The first-order valence-electron chi connectivity index (χ1n) is 8.25. The van der Waals surface area contributed by atoms with Crippen LogP contribution in [0.15, 0.2) is 24.3 Å². The van der Waals surface area contributed by atoms with Crippen molar-refractivity contribution in [1.82, 2.24) is 10.2 Å². The van der Waals surface area contributed by atoms with E-state index < -0.39 is 15.4 Å². The molecule has 2 N–H and O–H groups in total. The molecule has 0 aromatic heterocycles. The van der Waals surface area contributed by atoms with Crippen LogP contribution in [0.4, 0.5) is 5.69 Å². The highest BCUT2D eigenvalue weighted by Crippen LogP contribution is 2.22. The van der Waals surface area contributed by atoms with Gasteiger partial charge in [-0.1, -0.05) is 6.07 Å². The van der Waals surface area contributed by atoms with Gasteiger partial charge in [0.2, 0.25) is 11.8 Å². The van der Waals surface area contributed by atoms with Gasteiger partial charge >= 0.3 is 0 Å². The van der Waals surface area contributed by atoms with Crippen molar-refractivity contribution in [2.75, 3.05) is 44.1 Å². The third kappa shape index (κ3) is 5.99. The third-order valence-electron chi connectivity index (χ3n) is 4.13. The lowest BCUT2D eigenvalue weighted by Crippen LogP contribution is -2.50. The summed E-state index contributed by atoms with van der Waals surface area (Å²) in [5, 5.41) is 5.51. The Hall–Kier alpha value is -2.13. The fourth-order valence-corrected chi connectivity index (χ4v) is 5.03. The molecule has 1 aliphatic rings. The Bertz CT molecular complexity index is 780. The van der Waals surface area contributed by atoms with Gasteiger partial charge in [0, 0.05) is 11.8 Å². The monoisotopic (exact) mass is 383 g/mol. The molecule has 1 atom stereocenters. The molecule has 0 bridgehead atoms. The quantitative estimate of drug-likeness (QED) is 0.700. The second-order valence-corrected chi connectivity index (χ2v) is 9.09. The predicted octanol–water partition coefficient (Wildman–Crippen LogP) is 0.259. The number of ether oxygens (including phenoxy) is 1. The minimum absolute atomic E-state index is 0.00116. The Morgan fingerprint density at radius 3 is 2.58 bits per heavy atom. The summed E-state index contributed by atoms with van der Waals surface area (Å²) in [6.07, 6.45) is 0.404. The number of amides is 2. The second kappa shape index (κ2) is 8.05. The summed E-state index contributed by atoms with van der Waals surface area (Å²) in [6, 6.07) is 6.98. The highest BCUT2D eigenvalue weighted by molar-refractivity contribution is 7.91. The van der Waals surface area contributed by atoms with E-state index in [9.17, 15) is 18.0 Å². The summed E-state index contributed by atoms with van der Waals surface area (Å²) >= 11 is 0. The predicted molar refractivity (Wildman–Crippen MR) is 98.9 cm³/mol. The van der Waals surface area contributed by atoms with E-state index in [-0.39, 0.29) is 36.4 Å². The van der Waals surface area contributed by atoms with Crippen LogP contribution in [-0.2, 0) is 19.4 Å². The molecule has 1 aliphatic heterocycles. The molecule has 144 valence electrons. The molecule has 0 aliphatic carbocycles. The summed E-state index contributed by atoms with van der Waals surface area (Å²) < 4.78 is 28.3. The highest BCUT2D eigenvalue weighted by atomic mass is 32.2. The molecule has 26 heavy (non-hydrogen) atoms. The number of carbonyl (C=O) groups is 2. The average molecular weight is 383 g/mol. The smallest absolute Gasteiger partial charge is 0.238 e. The number of anilines is 1. The first-order chi connectivity index (χ1) is 12.1. The lowest BCUT2D eigenvalue weighted by molar-refractivity contribution is -0.124. The van der Waals surface area contributed by atoms with E-state index in [0.29, 0.717) is 17.9 Å². The van der Waals surface area contributed by atoms with E-state index in [1.54, 1.807) is 50.2 Å². The first kappa shape index (κ1) is 20.2. The Morgan fingerprint density at radius 1 is 1.27 bits per heavy atom. The van der Waals surface area contributed by atoms with Gasteiger partial charge in [-0.3, -0.25) is 14.5 Å². The summed E-state index contributed by atoms with van der Waals surface area (Å²) in [5.74, 6) is 0.105. The Morgan fingerprint density at radius 2 is 1.96 bits per heavy atom. The van der Waals surface area contributed by atoms with Crippen molar-refractivity contribution < 1.29 is 22.7 Å². The third-order valence-corrected chi connectivity index (χ3v) is 6.03. The SMILES string of the molecule is COc1cccc(NC(=O)CN(C)CC(=O)N[C@]2(C)CCS(=O)(=O)C2)c1. The van der Waals surface area contributed by atoms with Gasteiger partial charge < -0.3 is 15.4 Å². The molecule has 0 unspecified atom stereocenters. The fraction of sp³-hybridized carbons (Fsp3) is 0.529. The molecular weight excluding hydrogens is 358 g/mol. The van der Waals surface area contributed by atoms with Crippen molar-refractivity contribution in [3.63, 3.8) is 0 Å². The molecule has 2 rings (SSSR count). The lowest BCUT2D eigenvalue weighted by Gasteiger charge is -2.25. The molecule has 1 aromatic carbocycles. The number of nitrogens with one attached hydrogen (secondary N) is 2. The zero-order valence-corrected chi connectivity index (χ0v) is 16.1. The molecule has 1 heterocycles. The normalized spacial score (nSPS) is 21.4. The van der Waals surface area contributed by atoms with Crippen LogP contribution in [0.5, 0.6) is 5.75 Å². The van der Waals surface area contributed by atoms with Crippen molar-refractivity contribution in [2.24, 2.45) is 0 Å². The van der Waals surface area contributed by atoms with Gasteiger partial charge in [0.1, 0.15) is 5.75 Å². The standard InChI is InChI=1S/C17H25N3O5S/c1-17(7-8-26(23,24)12-17)19-16(22)11-20(2)10-15(21)18-13-5-4-6-14(9-13)25-3/h4-6,9H,7-8,10-12H2,1-3H3,(H,18,21)(H,19,22)/t17-/m1/s1. The van der Waals surface area contributed by atoms with Crippen molar-refractivity contribution in [1.29, 1.82) is 0 Å². The number of nitrogens with zero attached hydrogens (tertiary/aromatic N) is 1. The molecule has 0 spiro atoms. The van der Waals surface area contributed by atoms with Crippen molar-refractivity contribution in [3.05, 3.63) is 24.3 Å². The van der Waals surface area contributed by atoms with E-state index in [0.717, 1.165) is 0 Å². The fourth-order valence-electron chi connectivity index (χ4n) is 2.93. The van der Waals surface area contributed by atoms with Gasteiger partial charge in [-0.05, 0) is 32.5 Å². The van der Waals surface area contributed by atoms with E-state index in [2.05, 4.69) is 10.6 Å². The topological polar surface area (TPSA) is 105 Å². The van der Waals surface area contributed by atoms with Crippen LogP contribution in [0.1, 0.15) is 13.3 Å². The Labute approximate surface area is 153 Å². The van der Waals surface area contributed by atoms with Crippen LogP contribution in [0, 0.1) is 0 Å². The Kier molecular flexibility index (Phi) is 6.25. The van der Waals surface area contributed by atoms with E-state index >= 15 is 0 Å². The van der Waals surface area contributed by atoms with Crippen LogP contribution >= 0.6 is 0 Å². The molecule has 2 amide bonds. The maximum atomic E-state index is 12.2. The second-order valence-electron chi connectivity index (χ2n) is 6.90. The van der Waals surface area contributed by atoms with Crippen LogP contribution in [-0.4, -0.2) is 69.4 Å². The number of carbonyl (C=O) groups excluding carboxylic acids is 2. The first-order valence-corrected chi connectivity index (χ1v) is 10.1. The number of likely N-dealkylation sites (N-methyl/N-ethyl adjacent to an activating group) is 1. The van der Waals surface area contributed by atoms with Crippen LogP contribution in [0.2, 0.25) is 0 Å². The minimum Gasteiger partial charge on any atom is -0.497 e. The Balaban J connectivity index is 1.81.